The number of amides is 2. The van der Waals surface area contributed by atoms with E-state index >= 15 is 0 Å². The predicted molar refractivity (Wildman–Crippen MR) is 110 cm³/mol. The third-order valence-electron chi connectivity index (χ3n) is 5.26. The van der Waals surface area contributed by atoms with Crippen molar-refractivity contribution in [2.45, 2.75) is 33.4 Å². The number of carbonyl (C=O) groups excluding carboxylic acids is 2. The summed E-state index contributed by atoms with van der Waals surface area (Å²) in [5.41, 5.74) is 4.77. The van der Waals surface area contributed by atoms with E-state index in [1.165, 1.54) is 22.8 Å². The molecule has 2 amide bonds. The number of nitrogens with one attached hydrogen (secondary N) is 1. The number of nitrogens with zero attached hydrogens (tertiary/aromatic N) is 3. The van der Waals surface area contributed by atoms with Crippen LogP contribution in [0, 0.1) is 11.2 Å². The molecule has 0 aliphatic carbocycles. The van der Waals surface area contributed by atoms with Gasteiger partial charge in [-0.3, -0.25) is 14.3 Å². The molecule has 0 spiro atoms. The number of morpholine rings is 1. The maximum absolute atomic E-state index is 13.9. The summed E-state index contributed by atoms with van der Waals surface area (Å²) in [6, 6.07) is 2.04. The number of ether oxygens (including phenoxy) is 1. The van der Waals surface area contributed by atoms with Crippen molar-refractivity contribution < 1.29 is 18.7 Å². The van der Waals surface area contributed by atoms with Crippen LogP contribution in [-0.4, -0.2) is 64.9 Å². The lowest BCUT2D eigenvalue weighted by Crippen LogP contribution is -2.54. The van der Waals surface area contributed by atoms with Crippen molar-refractivity contribution in [3.8, 4) is 0 Å². The van der Waals surface area contributed by atoms with E-state index in [0.717, 1.165) is 17.7 Å². The summed E-state index contributed by atoms with van der Waals surface area (Å²) in [7, 11) is 0. The van der Waals surface area contributed by atoms with Crippen molar-refractivity contribution in [1.29, 1.82) is 0 Å². The normalized spacial score (nSPS) is 16.5. The summed E-state index contributed by atoms with van der Waals surface area (Å²) in [4.78, 5) is 40.0. The largest absolute Gasteiger partial charge is 0.379 e. The highest BCUT2D eigenvalue weighted by molar-refractivity contribution is 5.92. The fraction of sp³-hybridized carbons (Fsp3) is 0.550. The molecule has 1 atom stereocenters. The first-order chi connectivity index (χ1) is 14.1. The van der Waals surface area contributed by atoms with Crippen molar-refractivity contribution in [2.75, 3.05) is 32.8 Å². The first-order valence-electron chi connectivity index (χ1n) is 9.90. The molecule has 164 valence electrons. The predicted octanol–water partition coefficient (Wildman–Crippen LogP) is 0.732. The van der Waals surface area contributed by atoms with E-state index in [1.807, 2.05) is 0 Å². The molecule has 1 aromatic heterocycles. The lowest BCUT2D eigenvalue weighted by Gasteiger charge is -2.28. The third kappa shape index (κ3) is 4.54. The topological polar surface area (TPSA) is 112 Å². The molecule has 0 radical (unpaired) electrons. The summed E-state index contributed by atoms with van der Waals surface area (Å²) in [6.07, 6.45) is 0. The second-order valence-corrected chi connectivity index (χ2v) is 8.51. The van der Waals surface area contributed by atoms with Gasteiger partial charge in [-0.1, -0.05) is 20.8 Å². The average molecular weight is 421 g/mol. The Hall–Kier alpha value is -2.72. The standard InChI is InChI=1S/C20H28FN5O4/c1-20(2,3)16(17(22)27)23-18(28)26-14-5-4-13(21)12-15(14)25(19(26)29)7-6-24-8-10-30-11-9-24/h4-5,12,16H,6-11H2,1-3H3,(H2,22,27)(H,23,28)/t16-/m1/s1. The van der Waals surface area contributed by atoms with Crippen LogP contribution in [0.15, 0.2) is 23.0 Å². The number of hydrogen-bond donors (Lipinski definition) is 2. The van der Waals surface area contributed by atoms with E-state index in [1.54, 1.807) is 20.8 Å². The Balaban J connectivity index is 1.96. The molecule has 3 rings (SSSR count). The zero-order chi connectivity index (χ0) is 22.1. The average Bonchev–Trinajstić information content (AvgIpc) is 2.94. The number of carbonyl (C=O) groups is 2. The van der Waals surface area contributed by atoms with Gasteiger partial charge < -0.3 is 15.8 Å². The molecule has 1 saturated heterocycles. The lowest BCUT2D eigenvalue weighted by atomic mass is 9.86. The van der Waals surface area contributed by atoms with Gasteiger partial charge in [0.25, 0.3) is 0 Å². The Labute approximate surface area is 173 Å². The summed E-state index contributed by atoms with van der Waals surface area (Å²) >= 11 is 0. The van der Waals surface area contributed by atoms with Crippen LogP contribution in [0.5, 0.6) is 0 Å². The molecule has 2 heterocycles. The van der Waals surface area contributed by atoms with Crippen LogP contribution in [-0.2, 0) is 16.1 Å². The second-order valence-electron chi connectivity index (χ2n) is 8.51. The van der Waals surface area contributed by atoms with E-state index < -0.39 is 34.9 Å². The van der Waals surface area contributed by atoms with Gasteiger partial charge in [-0.2, -0.15) is 0 Å². The van der Waals surface area contributed by atoms with Gasteiger partial charge in [-0.15, -0.1) is 0 Å². The zero-order valence-corrected chi connectivity index (χ0v) is 17.5. The Bertz CT molecular complexity index is 1000. The molecule has 3 N–H and O–H groups in total. The van der Waals surface area contributed by atoms with Gasteiger partial charge in [0.2, 0.25) is 5.91 Å². The van der Waals surface area contributed by atoms with Crippen LogP contribution < -0.4 is 16.7 Å². The van der Waals surface area contributed by atoms with Gasteiger partial charge in [0.05, 0.1) is 24.2 Å². The van der Waals surface area contributed by atoms with Crippen LogP contribution in [0.2, 0.25) is 0 Å². The van der Waals surface area contributed by atoms with Crippen molar-refractivity contribution in [3.63, 3.8) is 0 Å². The molecule has 0 saturated carbocycles. The van der Waals surface area contributed by atoms with Crippen LogP contribution in [0.3, 0.4) is 0 Å². The molecule has 30 heavy (non-hydrogen) atoms. The zero-order valence-electron chi connectivity index (χ0n) is 17.5. The minimum atomic E-state index is -0.982. The maximum Gasteiger partial charge on any atom is 0.337 e. The van der Waals surface area contributed by atoms with Gasteiger partial charge >= 0.3 is 11.7 Å². The number of imidazole rings is 1. The van der Waals surface area contributed by atoms with Gasteiger partial charge in [0.1, 0.15) is 11.9 Å². The highest BCUT2D eigenvalue weighted by atomic mass is 19.1. The highest BCUT2D eigenvalue weighted by Gasteiger charge is 2.32. The van der Waals surface area contributed by atoms with Crippen molar-refractivity contribution >= 4 is 23.0 Å². The molecule has 0 bridgehead atoms. The van der Waals surface area contributed by atoms with Gasteiger partial charge in [0.15, 0.2) is 0 Å². The first kappa shape index (κ1) is 22.0. The molecule has 9 nitrogen and oxygen atoms in total. The van der Waals surface area contributed by atoms with E-state index in [4.69, 9.17) is 10.5 Å². The molecule has 0 unspecified atom stereocenters. The van der Waals surface area contributed by atoms with Crippen molar-refractivity contribution in [1.82, 2.24) is 19.4 Å². The van der Waals surface area contributed by atoms with Gasteiger partial charge in [0, 0.05) is 26.2 Å². The van der Waals surface area contributed by atoms with Gasteiger partial charge in [-0.25, -0.2) is 18.5 Å². The second kappa shape index (κ2) is 8.57. The Morgan fingerprint density at radius 1 is 1.20 bits per heavy atom. The highest BCUT2D eigenvalue weighted by Crippen LogP contribution is 2.20. The molecule has 1 aliphatic rings. The van der Waals surface area contributed by atoms with Crippen LogP contribution >= 0.6 is 0 Å². The Kier molecular flexibility index (Phi) is 6.27. The molecular formula is C20H28FN5O4. The summed E-state index contributed by atoms with van der Waals surface area (Å²) in [5, 5.41) is 2.55. The molecule has 2 aromatic rings. The van der Waals surface area contributed by atoms with Crippen LogP contribution in [0.1, 0.15) is 20.8 Å². The summed E-state index contributed by atoms with van der Waals surface area (Å²) in [6.45, 7) is 8.85. The minimum Gasteiger partial charge on any atom is -0.379 e. The number of aromatic nitrogens is 2. The Morgan fingerprint density at radius 3 is 2.47 bits per heavy atom. The number of primary amides is 1. The number of halogens is 1. The molecule has 1 aromatic carbocycles. The number of rotatable bonds is 5. The lowest BCUT2D eigenvalue weighted by molar-refractivity contribution is -0.122. The van der Waals surface area contributed by atoms with E-state index in [9.17, 15) is 18.8 Å². The molecule has 1 aliphatic heterocycles. The molecule has 10 heteroatoms. The van der Waals surface area contributed by atoms with Crippen molar-refractivity contribution in [2.24, 2.45) is 11.1 Å². The summed E-state index contributed by atoms with van der Waals surface area (Å²) < 4.78 is 21.5. The molecule has 1 fully saturated rings. The quantitative estimate of drug-likeness (QED) is 0.739. The van der Waals surface area contributed by atoms with Crippen LogP contribution in [0.4, 0.5) is 9.18 Å². The summed E-state index contributed by atoms with van der Waals surface area (Å²) in [5.74, 6) is -1.21. The third-order valence-corrected chi connectivity index (χ3v) is 5.26. The number of fused-ring (bicyclic) bond motifs is 1. The van der Waals surface area contributed by atoms with Gasteiger partial charge in [-0.05, 0) is 23.6 Å². The monoisotopic (exact) mass is 421 g/mol. The van der Waals surface area contributed by atoms with E-state index in [0.29, 0.717) is 25.3 Å². The van der Waals surface area contributed by atoms with E-state index in [-0.39, 0.29) is 12.1 Å². The number of nitrogens with two attached hydrogens (primary N) is 1. The smallest absolute Gasteiger partial charge is 0.337 e. The Morgan fingerprint density at radius 2 is 1.87 bits per heavy atom. The number of hydrogen-bond acceptors (Lipinski definition) is 5. The fourth-order valence-corrected chi connectivity index (χ4v) is 3.61. The fourth-order valence-electron chi connectivity index (χ4n) is 3.61. The van der Waals surface area contributed by atoms with Crippen LogP contribution in [0.25, 0.3) is 11.0 Å². The maximum atomic E-state index is 13.9. The molecular weight excluding hydrogens is 393 g/mol. The first-order valence-corrected chi connectivity index (χ1v) is 9.90. The van der Waals surface area contributed by atoms with Crippen molar-refractivity contribution in [3.05, 3.63) is 34.5 Å². The SMILES string of the molecule is CC(C)(C)[C@H](NC(=O)n1c(=O)n(CCN2CCOCC2)c2cc(F)ccc21)C(N)=O. The minimum absolute atomic E-state index is 0.262. The number of benzene rings is 1. The van der Waals surface area contributed by atoms with E-state index in [2.05, 4.69) is 10.2 Å².